The number of carbonyl (C=O) groups is 2. The molecule has 2 amide bonds. The van der Waals surface area contributed by atoms with E-state index in [1.54, 1.807) is 25.3 Å². The number of hydrogen-bond donors (Lipinski definition) is 0. The van der Waals surface area contributed by atoms with Crippen LogP contribution in [0, 0.1) is 12.3 Å². The number of hydrogen-bond acceptors (Lipinski definition) is 4. The van der Waals surface area contributed by atoms with E-state index in [0.717, 1.165) is 28.0 Å². The predicted octanol–water partition coefficient (Wildman–Crippen LogP) is 2.36. The van der Waals surface area contributed by atoms with E-state index in [2.05, 4.69) is 5.92 Å². The summed E-state index contributed by atoms with van der Waals surface area (Å²) in [5.41, 5.74) is 0.826. The van der Waals surface area contributed by atoms with Gasteiger partial charge in [-0.2, -0.15) is 0 Å². The number of carbonyl (C=O) groups excluding carboxylic acids is 2. The lowest BCUT2D eigenvalue weighted by Crippen LogP contribution is -2.28. The average Bonchev–Trinajstić information content (AvgIpc) is 2.68. The molecule has 0 aromatic heterocycles. The van der Waals surface area contributed by atoms with Crippen LogP contribution in [0.25, 0.3) is 6.08 Å². The van der Waals surface area contributed by atoms with Crippen LogP contribution in [0.4, 0.5) is 4.79 Å². The number of rotatable bonds is 3. The summed E-state index contributed by atoms with van der Waals surface area (Å²) in [6, 6.07) is 7.21. The van der Waals surface area contributed by atoms with Crippen molar-refractivity contribution in [3.63, 3.8) is 0 Å². The van der Waals surface area contributed by atoms with E-state index >= 15 is 0 Å². The third kappa shape index (κ3) is 2.80. The molecule has 1 saturated heterocycles. The Morgan fingerprint density at radius 2 is 2.05 bits per heavy atom. The minimum absolute atomic E-state index is 0.00458. The molecule has 2 rings (SSSR count). The Kier molecular flexibility index (Phi) is 3.93. The molecule has 4 nitrogen and oxygen atoms in total. The van der Waals surface area contributed by atoms with Gasteiger partial charge in [0.1, 0.15) is 5.75 Å². The average molecular weight is 273 g/mol. The van der Waals surface area contributed by atoms with Crippen LogP contribution in [0.2, 0.25) is 0 Å². The molecule has 1 aliphatic heterocycles. The molecule has 1 heterocycles. The van der Waals surface area contributed by atoms with E-state index in [9.17, 15) is 9.59 Å². The van der Waals surface area contributed by atoms with Crippen molar-refractivity contribution in [1.29, 1.82) is 0 Å². The third-order valence-electron chi connectivity index (χ3n) is 2.54. The van der Waals surface area contributed by atoms with Crippen LogP contribution in [0.1, 0.15) is 5.56 Å². The van der Waals surface area contributed by atoms with Gasteiger partial charge in [-0.05, 0) is 35.5 Å². The summed E-state index contributed by atoms with van der Waals surface area (Å²) in [7, 11) is 1.58. The van der Waals surface area contributed by atoms with Crippen LogP contribution in [-0.4, -0.2) is 29.7 Å². The van der Waals surface area contributed by atoms with Crippen LogP contribution in [0.3, 0.4) is 0 Å². The first-order valence-corrected chi connectivity index (χ1v) is 6.30. The zero-order valence-electron chi connectivity index (χ0n) is 10.3. The lowest BCUT2D eigenvalue weighted by atomic mass is 10.2. The summed E-state index contributed by atoms with van der Waals surface area (Å²) in [6.07, 6.45) is 6.79. The molecule has 0 N–H and O–H groups in total. The second kappa shape index (κ2) is 5.63. The van der Waals surface area contributed by atoms with Gasteiger partial charge in [-0.15, -0.1) is 6.42 Å². The summed E-state index contributed by atoms with van der Waals surface area (Å²) in [5, 5.41) is -0.331. The first-order chi connectivity index (χ1) is 9.15. The summed E-state index contributed by atoms with van der Waals surface area (Å²) in [6.45, 7) is 0.00458. The van der Waals surface area contributed by atoms with Gasteiger partial charge in [-0.1, -0.05) is 18.1 Å². The highest BCUT2D eigenvalue weighted by atomic mass is 32.2. The number of terminal acetylenes is 1. The largest absolute Gasteiger partial charge is 0.497 e. The van der Waals surface area contributed by atoms with E-state index in [0.29, 0.717) is 4.91 Å². The number of benzene rings is 1. The van der Waals surface area contributed by atoms with Crippen LogP contribution < -0.4 is 4.74 Å². The van der Waals surface area contributed by atoms with Gasteiger partial charge in [0.25, 0.3) is 11.1 Å². The Balaban J connectivity index is 2.22. The molecule has 19 heavy (non-hydrogen) atoms. The maximum absolute atomic E-state index is 11.9. The Labute approximate surface area is 115 Å². The number of ether oxygens (including phenoxy) is 1. The third-order valence-corrected chi connectivity index (χ3v) is 3.44. The van der Waals surface area contributed by atoms with Gasteiger partial charge in [0.2, 0.25) is 0 Å². The zero-order chi connectivity index (χ0) is 13.8. The Morgan fingerprint density at radius 1 is 1.37 bits per heavy atom. The first kappa shape index (κ1) is 13.2. The van der Waals surface area contributed by atoms with Crippen LogP contribution >= 0.6 is 11.8 Å². The van der Waals surface area contributed by atoms with Crippen LogP contribution in [-0.2, 0) is 4.79 Å². The van der Waals surface area contributed by atoms with Crippen molar-refractivity contribution in [3.8, 4) is 18.1 Å². The van der Waals surface area contributed by atoms with Crippen molar-refractivity contribution < 1.29 is 14.3 Å². The van der Waals surface area contributed by atoms with Gasteiger partial charge in [0, 0.05) is 0 Å². The highest BCUT2D eigenvalue weighted by molar-refractivity contribution is 8.18. The summed E-state index contributed by atoms with van der Waals surface area (Å²) >= 11 is 0.898. The SMILES string of the molecule is C#CCN1C(=O)SC(=Cc2ccc(OC)cc2)C1=O. The smallest absolute Gasteiger partial charge is 0.294 e. The number of imide groups is 1. The summed E-state index contributed by atoms with van der Waals surface area (Å²) in [5.74, 6) is 2.69. The lowest BCUT2D eigenvalue weighted by molar-refractivity contribution is -0.122. The minimum Gasteiger partial charge on any atom is -0.497 e. The second-order valence-electron chi connectivity index (χ2n) is 3.75. The molecule has 1 aromatic rings. The number of nitrogens with zero attached hydrogens (tertiary/aromatic N) is 1. The molecule has 0 unspecified atom stereocenters. The van der Waals surface area contributed by atoms with E-state index < -0.39 is 0 Å². The molecule has 1 fully saturated rings. The number of amides is 2. The monoisotopic (exact) mass is 273 g/mol. The molecular weight excluding hydrogens is 262 g/mol. The molecule has 5 heteroatoms. The van der Waals surface area contributed by atoms with E-state index in [1.807, 2.05) is 12.1 Å². The van der Waals surface area contributed by atoms with Crippen LogP contribution in [0.15, 0.2) is 29.2 Å². The molecule has 96 valence electrons. The Hall–Kier alpha value is -2.19. The van der Waals surface area contributed by atoms with Crippen molar-refractivity contribution in [2.45, 2.75) is 0 Å². The van der Waals surface area contributed by atoms with Gasteiger partial charge < -0.3 is 4.74 Å². The topological polar surface area (TPSA) is 46.6 Å². The highest BCUT2D eigenvalue weighted by Gasteiger charge is 2.34. The van der Waals surface area contributed by atoms with Gasteiger partial charge in [-0.25, -0.2) is 0 Å². The van der Waals surface area contributed by atoms with Crippen molar-refractivity contribution in [3.05, 3.63) is 34.7 Å². The number of methoxy groups -OCH3 is 1. The summed E-state index contributed by atoms with van der Waals surface area (Å²) < 4.78 is 5.05. The van der Waals surface area contributed by atoms with Crippen molar-refractivity contribution >= 4 is 29.0 Å². The second-order valence-corrected chi connectivity index (χ2v) is 4.74. The Bertz CT molecular complexity index is 584. The zero-order valence-corrected chi connectivity index (χ0v) is 11.1. The molecule has 1 aromatic carbocycles. The van der Waals surface area contributed by atoms with Crippen molar-refractivity contribution in [2.24, 2.45) is 0 Å². The minimum atomic E-state index is -0.344. The maximum atomic E-state index is 11.9. The fraction of sp³-hybridized carbons (Fsp3) is 0.143. The van der Waals surface area contributed by atoms with Gasteiger partial charge in [0.15, 0.2) is 0 Å². The van der Waals surface area contributed by atoms with Gasteiger partial charge in [0.05, 0.1) is 18.6 Å². The fourth-order valence-corrected chi connectivity index (χ4v) is 2.42. The molecule has 0 spiro atoms. The lowest BCUT2D eigenvalue weighted by Gasteiger charge is -2.06. The van der Waals surface area contributed by atoms with Crippen molar-refractivity contribution in [1.82, 2.24) is 4.90 Å². The normalized spacial score (nSPS) is 16.8. The molecule has 0 bridgehead atoms. The van der Waals surface area contributed by atoms with Gasteiger partial charge in [-0.3, -0.25) is 14.5 Å². The quantitative estimate of drug-likeness (QED) is 0.626. The molecule has 0 aliphatic carbocycles. The first-order valence-electron chi connectivity index (χ1n) is 5.48. The van der Waals surface area contributed by atoms with E-state index in [4.69, 9.17) is 11.2 Å². The van der Waals surface area contributed by atoms with Crippen molar-refractivity contribution in [2.75, 3.05) is 13.7 Å². The standard InChI is InChI=1S/C14H11NO3S/c1-3-8-15-13(16)12(19-14(15)17)9-10-4-6-11(18-2)7-5-10/h1,4-7,9H,8H2,2H3. The molecular formula is C14H11NO3S. The summed E-state index contributed by atoms with van der Waals surface area (Å²) in [4.78, 5) is 25.0. The number of thioether (sulfide) groups is 1. The predicted molar refractivity (Wildman–Crippen MR) is 74.5 cm³/mol. The molecule has 0 radical (unpaired) electrons. The maximum Gasteiger partial charge on any atom is 0.294 e. The Morgan fingerprint density at radius 3 is 2.63 bits per heavy atom. The van der Waals surface area contributed by atoms with Gasteiger partial charge >= 0.3 is 0 Å². The molecule has 0 saturated carbocycles. The highest BCUT2D eigenvalue weighted by Crippen LogP contribution is 2.32. The van der Waals surface area contributed by atoms with E-state index in [-0.39, 0.29) is 17.7 Å². The molecule has 0 atom stereocenters. The van der Waals surface area contributed by atoms with E-state index in [1.165, 1.54) is 0 Å². The molecule has 1 aliphatic rings. The fourth-order valence-electron chi connectivity index (χ4n) is 1.58. The van der Waals surface area contributed by atoms with Crippen LogP contribution in [0.5, 0.6) is 5.75 Å².